The van der Waals surface area contributed by atoms with Gasteiger partial charge in [0.25, 0.3) is 0 Å². The van der Waals surface area contributed by atoms with Gasteiger partial charge in [0.05, 0.1) is 16.3 Å². The van der Waals surface area contributed by atoms with E-state index in [9.17, 15) is 0 Å². The van der Waals surface area contributed by atoms with Crippen molar-refractivity contribution in [2.75, 3.05) is 5.75 Å². The molecule has 108 valence electrons. The number of para-hydroxylation sites is 1. The summed E-state index contributed by atoms with van der Waals surface area (Å²) in [6.07, 6.45) is 1.08. The van der Waals surface area contributed by atoms with E-state index in [0.717, 1.165) is 28.7 Å². The van der Waals surface area contributed by atoms with E-state index in [1.54, 1.807) is 11.8 Å². The van der Waals surface area contributed by atoms with Crippen molar-refractivity contribution < 1.29 is 0 Å². The van der Waals surface area contributed by atoms with Crippen molar-refractivity contribution in [1.82, 2.24) is 5.43 Å². The Kier molecular flexibility index (Phi) is 4.41. The quantitative estimate of drug-likeness (QED) is 0.914. The third-order valence-electron chi connectivity index (χ3n) is 3.26. The van der Waals surface area contributed by atoms with Crippen molar-refractivity contribution in [3.63, 3.8) is 0 Å². The predicted octanol–water partition coefficient (Wildman–Crippen LogP) is 4.35. The molecule has 0 bridgehead atoms. The Labute approximate surface area is 133 Å². The molecule has 1 aliphatic heterocycles. The number of thiophene rings is 1. The highest BCUT2D eigenvalue weighted by atomic mass is 32.2. The summed E-state index contributed by atoms with van der Waals surface area (Å²) in [4.78, 5) is 7.28. The van der Waals surface area contributed by atoms with Gasteiger partial charge < -0.3 is 0 Å². The molecule has 3 rings (SSSR count). The molecule has 0 atom stereocenters. The van der Waals surface area contributed by atoms with Crippen LogP contribution in [0.3, 0.4) is 0 Å². The van der Waals surface area contributed by atoms with Crippen LogP contribution in [0.4, 0.5) is 5.69 Å². The average molecular weight is 315 g/mol. The number of thioether (sulfide) groups is 1. The highest BCUT2D eigenvalue weighted by molar-refractivity contribution is 8.14. The van der Waals surface area contributed by atoms with Crippen LogP contribution in [0.1, 0.15) is 22.2 Å². The maximum atomic E-state index is 4.63. The zero-order valence-corrected chi connectivity index (χ0v) is 13.7. The normalized spacial score (nSPS) is 16.7. The summed E-state index contributed by atoms with van der Waals surface area (Å²) in [5.41, 5.74) is 6.35. The second-order valence-electron chi connectivity index (χ2n) is 4.78. The number of amidine groups is 1. The lowest BCUT2D eigenvalue weighted by Crippen LogP contribution is -2.24. The topological polar surface area (TPSA) is 36.8 Å². The second-order valence-corrected chi connectivity index (χ2v) is 6.91. The largest absolute Gasteiger partial charge is 0.255 e. The number of nitrogens with one attached hydrogen (secondary N) is 1. The van der Waals surface area contributed by atoms with Crippen LogP contribution in [0.2, 0.25) is 0 Å². The Hall–Kier alpha value is -1.59. The third-order valence-corrected chi connectivity index (χ3v) is 5.42. The number of benzene rings is 1. The average Bonchev–Trinajstić information content (AvgIpc) is 2.99. The molecule has 0 amide bonds. The molecule has 0 aliphatic carbocycles. The maximum absolute atomic E-state index is 4.63. The third kappa shape index (κ3) is 3.36. The highest BCUT2D eigenvalue weighted by Crippen LogP contribution is 2.24. The first kappa shape index (κ1) is 14.4. The van der Waals surface area contributed by atoms with Gasteiger partial charge in [-0.05, 0) is 37.1 Å². The molecule has 1 aromatic carbocycles. The van der Waals surface area contributed by atoms with Crippen molar-refractivity contribution in [3.05, 3.63) is 51.7 Å². The second kappa shape index (κ2) is 6.45. The summed E-state index contributed by atoms with van der Waals surface area (Å²) in [7, 11) is 0. The van der Waals surface area contributed by atoms with Gasteiger partial charge in [-0.25, -0.2) is 4.99 Å². The van der Waals surface area contributed by atoms with Crippen molar-refractivity contribution in [1.29, 1.82) is 0 Å². The molecule has 5 heteroatoms. The van der Waals surface area contributed by atoms with Crippen molar-refractivity contribution in [3.8, 4) is 0 Å². The van der Waals surface area contributed by atoms with E-state index in [-0.39, 0.29) is 0 Å². The lowest BCUT2D eigenvalue weighted by atomic mass is 10.2. The van der Waals surface area contributed by atoms with E-state index < -0.39 is 0 Å². The van der Waals surface area contributed by atoms with Crippen LogP contribution in [0.25, 0.3) is 0 Å². The van der Waals surface area contributed by atoms with E-state index in [4.69, 9.17) is 0 Å². The fourth-order valence-corrected chi connectivity index (χ4v) is 3.81. The first-order chi connectivity index (χ1) is 10.3. The van der Waals surface area contributed by atoms with E-state index in [2.05, 4.69) is 47.6 Å². The van der Waals surface area contributed by atoms with Crippen LogP contribution < -0.4 is 5.43 Å². The van der Waals surface area contributed by atoms with E-state index in [1.165, 1.54) is 15.3 Å². The molecule has 3 nitrogen and oxygen atoms in total. The predicted molar refractivity (Wildman–Crippen MR) is 94.1 cm³/mol. The van der Waals surface area contributed by atoms with Crippen LogP contribution in [0.5, 0.6) is 0 Å². The molecule has 0 unspecified atom stereocenters. The van der Waals surface area contributed by atoms with Crippen molar-refractivity contribution in [2.24, 2.45) is 10.1 Å². The lowest BCUT2D eigenvalue weighted by molar-refractivity contribution is 1.03. The molecule has 21 heavy (non-hydrogen) atoms. The minimum Gasteiger partial charge on any atom is -0.255 e. The molecular formula is C16H17N3S2. The van der Waals surface area contributed by atoms with Gasteiger partial charge >= 0.3 is 0 Å². The Balaban J connectivity index is 1.76. The molecule has 0 spiro atoms. The van der Waals surface area contributed by atoms with Gasteiger partial charge in [0.1, 0.15) is 0 Å². The number of aryl methyl sites for hydroxylation is 2. The van der Waals surface area contributed by atoms with E-state index in [0.29, 0.717) is 0 Å². The van der Waals surface area contributed by atoms with E-state index >= 15 is 0 Å². The number of hydrogen-bond acceptors (Lipinski definition) is 4. The first-order valence-electron chi connectivity index (χ1n) is 6.95. The summed E-state index contributed by atoms with van der Waals surface area (Å²) in [6.45, 7) is 4.25. The fraction of sp³-hybridized carbons (Fsp3) is 0.250. The minimum atomic E-state index is 0.861. The zero-order chi connectivity index (χ0) is 14.7. The molecule has 1 aliphatic rings. The minimum absolute atomic E-state index is 0.861. The molecule has 1 N–H and O–H groups in total. The molecular weight excluding hydrogens is 298 g/mol. The maximum Gasteiger partial charge on any atom is 0.182 e. The number of hydrogen-bond donors (Lipinski definition) is 1. The van der Waals surface area contributed by atoms with Crippen LogP contribution in [-0.2, 0) is 6.42 Å². The molecule has 0 saturated heterocycles. The van der Waals surface area contributed by atoms with Gasteiger partial charge in [0.15, 0.2) is 5.17 Å². The fourth-order valence-electron chi connectivity index (χ4n) is 2.02. The smallest absolute Gasteiger partial charge is 0.182 e. The lowest BCUT2D eigenvalue weighted by Gasteiger charge is -2.14. The monoisotopic (exact) mass is 315 g/mol. The molecule has 2 aromatic rings. The van der Waals surface area contributed by atoms with Crippen LogP contribution >= 0.6 is 23.1 Å². The molecule has 0 saturated carbocycles. The summed E-state index contributed by atoms with van der Waals surface area (Å²) >= 11 is 3.52. The van der Waals surface area contributed by atoms with Crippen molar-refractivity contribution >= 4 is 39.7 Å². The van der Waals surface area contributed by atoms with Gasteiger partial charge in [-0.2, -0.15) is 5.10 Å². The standard InChI is InChI=1S/C16H17N3S2/c1-3-12-8-9-15(21-12)14-10-20-16(19-18-14)17-13-7-5-4-6-11(13)2/h4-9H,3,10H2,1-2H3,(H,17,19). The Morgan fingerprint density at radius 1 is 1.24 bits per heavy atom. The molecule has 2 heterocycles. The Morgan fingerprint density at radius 2 is 2.10 bits per heavy atom. The molecule has 1 aromatic heterocycles. The number of aliphatic imine (C=N–C) groups is 1. The number of rotatable bonds is 3. The zero-order valence-electron chi connectivity index (χ0n) is 12.1. The summed E-state index contributed by atoms with van der Waals surface area (Å²) < 4.78 is 0. The number of nitrogens with zero attached hydrogens (tertiary/aromatic N) is 2. The summed E-state index contributed by atoms with van der Waals surface area (Å²) in [5, 5.41) is 5.34. The van der Waals surface area contributed by atoms with Crippen LogP contribution in [0.15, 0.2) is 46.5 Å². The first-order valence-corrected chi connectivity index (χ1v) is 8.75. The summed E-state index contributed by atoms with van der Waals surface area (Å²) in [6, 6.07) is 12.5. The van der Waals surface area contributed by atoms with Gasteiger partial charge in [-0.15, -0.1) is 11.3 Å². The van der Waals surface area contributed by atoms with Gasteiger partial charge in [-0.3, -0.25) is 5.43 Å². The SMILES string of the molecule is CCc1ccc(C2=NNC(=Nc3ccccc3C)SC2)s1. The molecule has 0 fully saturated rings. The van der Waals surface area contributed by atoms with Crippen molar-refractivity contribution in [2.45, 2.75) is 20.3 Å². The Morgan fingerprint density at radius 3 is 2.76 bits per heavy atom. The molecule has 0 radical (unpaired) electrons. The Bertz CT molecular complexity index is 701. The van der Waals surface area contributed by atoms with E-state index in [1.807, 2.05) is 29.5 Å². The van der Waals surface area contributed by atoms with Crippen LogP contribution in [0, 0.1) is 6.92 Å². The highest BCUT2D eigenvalue weighted by Gasteiger charge is 2.14. The number of hydrazone groups is 1. The van der Waals surface area contributed by atoms with Crippen LogP contribution in [-0.4, -0.2) is 16.6 Å². The summed E-state index contributed by atoms with van der Waals surface area (Å²) in [5.74, 6) is 0.862. The van der Waals surface area contributed by atoms with Gasteiger partial charge in [0, 0.05) is 10.6 Å². The van der Waals surface area contributed by atoms with Gasteiger partial charge in [0.2, 0.25) is 0 Å². The van der Waals surface area contributed by atoms with Gasteiger partial charge in [-0.1, -0.05) is 36.9 Å².